The van der Waals surface area contributed by atoms with E-state index in [1.165, 1.54) is 0 Å². The van der Waals surface area contributed by atoms with Crippen LogP contribution in [0.2, 0.25) is 0 Å². The van der Waals surface area contributed by atoms with E-state index in [1.54, 1.807) is 0 Å². The summed E-state index contributed by atoms with van der Waals surface area (Å²) in [5.41, 5.74) is 4.74. The SMILES string of the molecule is OB(O)C1=C(c2cccc(-c3ccccc3)c2)C=CC=CC1. The summed E-state index contributed by atoms with van der Waals surface area (Å²) in [5.74, 6) is 0. The Morgan fingerprint density at radius 3 is 2.27 bits per heavy atom. The first kappa shape index (κ1) is 14.6. The van der Waals surface area contributed by atoms with Crippen molar-refractivity contribution >= 4 is 12.7 Å². The van der Waals surface area contributed by atoms with Gasteiger partial charge in [0.05, 0.1) is 0 Å². The van der Waals surface area contributed by atoms with Gasteiger partial charge in [0.15, 0.2) is 0 Å². The Hall–Kier alpha value is -2.36. The van der Waals surface area contributed by atoms with Crippen LogP contribution in [-0.2, 0) is 0 Å². The van der Waals surface area contributed by atoms with Crippen LogP contribution in [0.25, 0.3) is 16.7 Å². The molecule has 22 heavy (non-hydrogen) atoms. The van der Waals surface area contributed by atoms with Crippen LogP contribution in [0, 0.1) is 0 Å². The van der Waals surface area contributed by atoms with Crippen molar-refractivity contribution in [3.63, 3.8) is 0 Å². The van der Waals surface area contributed by atoms with Gasteiger partial charge in [-0.05, 0) is 40.2 Å². The molecule has 0 heterocycles. The van der Waals surface area contributed by atoms with E-state index in [4.69, 9.17) is 0 Å². The predicted molar refractivity (Wildman–Crippen MR) is 91.9 cm³/mol. The number of hydrogen-bond acceptors (Lipinski definition) is 2. The van der Waals surface area contributed by atoms with Gasteiger partial charge >= 0.3 is 7.12 Å². The van der Waals surface area contributed by atoms with Crippen molar-refractivity contribution in [3.8, 4) is 11.1 Å². The van der Waals surface area contributed by atoms with E-state index in [1.807, 2.05) is 54.6 Å². The molecule has 2 N–H and O–H groups in total. The zero-order valence-corrected chi connectivity index (χ0v) is 12.2. The second-order valence-electron chi connectivity index (χ2n) is 5.25. The third kappa shape index (κ3) is 3.11. The minimum atomic E-state index is -1.44. The largest absolute Gasteiger partial charge is 0.485 e. The quantitative estimate of drug-likeness (QED) is 0.847. The molecule has 1 aliphatic carbocycles. The summed E-state index contributed by atoms with van der Waals surface area (Å²) in [7, 11) is -1.44. The lowest BCUT2D eigenvalue weighted by Gasteiger charge is -2.12. The molecular weight excluding hydrogens is 271 g/mol. The molecule has 2 nitrogen and oxygen atoms in total. The average molecular weight is 288 g/mol. The topological polar surface area (TPSA) is 40.5 Å². The Morgan fingerprint density at radius 2 is 1.50 bits per heavy atom. The van der Waals surface area contributed by atoms with Gasteiger partial charge in [0.25, 0.3) is 0 Å². The van der Waals surface area contributed by atoms with Crippen molar-refractivity contribution in [1.82, 2.24) is 0 Å². The van der Waals surface area contributed by atoms with E-state index in [0.717, 1.165) is 22.3 Å². The van der Waals surface area contributed by atoms with E-state index in [9.17, 15) is 10.0 Å². The summed E-state index contributed by atoms with van der Waals surface area (Å²) in [4.78, 5) is 0. The molecule has 0 bridgehead atoms. The second kappa shape index (κ2) is 6.61. The highest BCUT2D eigenvalue weighted by atomic mass is 16.4. The third-order valence-corrected chi connectivity index (χ3v) is 3.79. The minimum absolute atomic E-state index is 0.537. The summed E-state index contributed by atoms with van der Waals surface area (Å²) in [5, 5.41) is 19.3. The van der Waals surface area contributed by atoms with Crippen LogP contribution in [0.4, 0.5) is 0 Å². The lowest BCUT2D eigenvalue weighted by atomic mass is 9.73. The molecule has 0 atom stereocenters. The van der Waals surface area contributed by atoms with Crippen molar-refractivity contribution in [3.05, 3.63) is 89.9 Å². The Kier molecular flexibility index (Phi) is 4.38. The fourth-order valence-electron chi connectivity index (χ4n) is 2.67. The minimum Gasteiger partial charge on any atom is -0.423 e. The van der Waals surface area contributed by atoms with Crippen molar-refractivity contribution < 1.29 is 10.0 Å². The molecule has 0 amide bonds. The molecule has 0 fully saturated rings. The van der Waals surface area contributed by atoms with E-state index < -0.39 is 7.12 Å². The van der Waals surface area contributed by atoms with Gasteiger partial charge < -0.3 is 10.0 Å². The van der Waals surface area contributed by atoms with Crippen LogP contribution in [-0.4, -0.2) is 17.2 Å². The molecular formula is C19H17BO2. The molecule has 0 saturated carbocycles. The summed E-state index contributed by atoms with van der Waals surface area (Å²) in [6.07, 6.45) is 8.26. The van der Waals surface area contributed by atoms with Crippen molar-refractivity contribution in [1.29, 1.82) is 0 Å². The van der Waals surface area contributed by atoms with Crippen LogP contribution in [0.3, 0.4) is 0 Å². The van der Waals surface area contributed by atoms with Gasteiger partial charge in [-0.15, -0.1) is 0 Å². The Balaban J connectivity index is 2.08. The van der Waals surface area contributed by atoms with Crippen LogP contribution >= 0.6 is 0 Å². The molecule has 2 aromatic rings. The first-order valence-corrected chi connectivity index (χ1v) is 7.34. The van der Waals surface area contributed by atoms with Crippen LogP contribution < -0.4 is 0 Å². The fourth-order valence-corrected chi connectivity index (χ4v) is 2.67. The zero-order chi connectivity index (χ0) is 15.4. The standard InChI is InChI=1S/C19H17BO2/c21-20(22)19-13-6-2-5-12-18(19)17-11-7-10-16(14-17)15-8-3-1-4-9-15/h1-12,14,21-22H,13H2. The average Bonchev–Trinajstić information content (AvgIpc) is 2.82. The third-order valence-electron chi connectivity index (χ3n) is 3.79. The van der Waals surface area contributed by atoms with E-state index in [0.29, 0.717) is 11.9 Å². The number of benzene rings is 2. The summed E-state index contributed by atoms with van der Waals surface area (Å²) < 4.78 is 0. The Labute approximate surface area is 130 Å². The summed E-state index contributed by atoms with van der Waals surface area (Å²) in [6.45, 7) is 0. The predicted octanol–water partition coefficient (Wildman–Crippen LogP) is 3.64. The molecule has 0 radical (unpaired) electrons. The highest BCUT2D eigenvalue weighted by molar-refractivity contribution is 6.52. The van der Waals surface area contributed by atoms with Crippen molar-refractivity contribution in [2.45, 2.75) is 6.42 Å². The molecule has 108 valence electrons. The highest BCUT2D eigenvalue weighted by Crippen LogP contribution is 2.29. The summed E-state index contributed by atoms with van der Waals surface area (Å²) >= 11 is 0. The van der Waals surface area contributed by atoms with E-state index in [2.05, 4.69) is 24.3 Å². The van der Waals surface area contributed by atoms with Gasteiger partial charge in [0.2, 0.25) is 0 Å². The molecule has 0 spiro atoms. The van der Waals surface area contributed by atoms with Gasteiger partial charge in [-0.2, -0.15) is 0 Å². The maximum atomic E-state index is 9.65. The Bertz CT molecular complexity index is 743. The van der Waals surface area contributed by atoms with Gasteiger partial charge in [-0.25, -0.2) is 0 Å². The lowest BCUT2D eigenvalue weighted by molar-refractivity contribution is 0.418. The maximum absolute atomic E-state index is 9.65. The van der Waals surface area contributed by atoms with Crippen LogP contribution in [0.5, 0.6) is 0 Å². The van der Waals surface area contributed by atoms with Crippen LogP contribution in [0.1, 0.15) is 12.0 Å². The highest BCUT2D eigenvalue weighted by Gasteiger charge is 2.19. The van der Waals surface area contributed by atoms with Crippen molar-refractivity contribution in [2.75, 3.05) is 0 Å². The first-order chi connectivity index (χ1) is 10.8. The van der Waals surface area contributed by atoms with Gasteiger partial charge in [0, 0.05) is 0 Å². The second-order valence-corrected chi connectivity index (χ2v) is 5.25. The molecule has 0 unspecified atom stereocenters. The lowest BCUT2D eigenvalue weighted by Crippen LogP contribution is -2.16. The monoisotopic (exact) mass is 288 g/mol. The molecule has 3 rings (SSSR count). The number of allylic oxidation sites excluding steroid dienone is 6. The maximum Gasteiger partial charge on any atom is 0.485 e. The molecule has 3 heteroatoms. The number of hydrogen-bond donors (Lipinski definition) is 2. The molecule has 2 aromatic carbocycles. The summed E-state index contributed by atoms with van der Waals surface area (Å²) in [6, 6.07) is 18.3. The van der Waals surface area contributed by atoms with Crippen molar-refractivity contribution in [2.24, 2.45) is 0 Å². The first-order valence-electron chi connectivity index (χ1n) is 7.34. The molecule has 0 aliphatic heterocycles. The smallest absolute Gasteiger partial charge is 0.423 e. The Morgan fingerprint density at radius 1 is 0.773 bits per heavy atom. The van der Waals surface area contributed by atoms with Gasteiger partial charge in [-0.1, -0.05) is 72.8 Å². The zero-order valence-electron chi connectivity index (χ0n) is 12.2. The van der Waals surface area contributed by atoms with Crippen LogP contribution in [0.15, 0.2) is 84.4 Å². The van der Waals surface area contributed by atoms with E-state index >= 15 is 0 Å². The molecule has 1 aliphatic rings. The number of rotatable bonds is 3. The van der Waals surface area contributed by atoms with Gasteiger partial charge in [-0.3, -0.25) is 0 Å². The molecule has 0 saturated heterocycles. The van der Waals surface area contributed by atoms with Gasteiger partial charge in [0.1, 0.15) is 0 Å². The normalized spacial score (nSPS) is 14.1. The molecule has 0 aromatic heterocycles. The fraction of sp³-hybridized carbons (Fsp3) is 0.0526. The van der Waals surface area contributed by atoms with E-state index in [-0.39, 0.29) is 0 Å².